The molecule has 1 aliphatic heterocycles. The maximum absolute atomic E-state index is 13.0. The molecule has 3 aromatic rings. The van der Waals surface area contributed by atoms with Gasteiger partial charge in [-0.15, -0.1) is 0 Å². The Labute approximate surface area is 151 Å². The lowest BCUT2D eigenvalue weighted by Crippen LogP contribution is -2.05. The zero-order valence-electron chi connectivity index (χ0n) is 13.8. The van der Waals surface area contributed by atoms with Crippen LogP contribution in [0.15, 0.2) is 48.5 Å². The van der Waals surface area contributed by atoms with Crippen molar-refractivity contribution in [2.24, 2.45) is 0 Å². The monoisotopic (exact) mass is 374 g/mol. The summed E-state index contributed by atoms with van der Waals surface area (Å²) >= 11 is 0. The van der Waals surface area contributed by atoms with Crippen molar-refractivity contribution in [2.75, 3.05) is 11.9 Å². The molecule has 0 saturated heterocycles. The summed E-state index contributed by atoms with van der Waals surface area (Å²) in [6, 6.07) is 10.9. The lowest BCUT2D eigenvalue weighted by molar-refractivity contribution is -0.384. The number of aromatic nitrogens is 2. The largest absolute Gasteiger partial charge is 0.416 e. The topological polar surface area (TPSA) is 73.0 Å². The van der Waals surface area contributed by atoms with Crippen molar-refractivity contribution in [3.8, 4) is 16.9 Å². The molecule has 6 nitrogen and oxygen atoms in total. The number of non-ortho nitro benzene ring substituents is 1. The standard InChI is InChI=1S/C18H13F3N4O2/c19-18(20,21)12-3-1-2-11(10-12)16-15-8-9-22-17(15)24(23-16)13-4-6-14(7-5-13)25(26)27/h1-7,10,22H,8-9H2. The number of hydrogen-bond acceptors (Lipinski definition) is 4. The van der Waals surface area contributed by atoms with Gasteiger partial charge in [0.15, 0.2) is 0 Å². The average molecular weight is 374 g/mol. The molecule has 0 spiro atoms. The molecule has 0 fully saturated rings. The number of halogens is 3. The Morgan fingerprint density at radius 3 is 2.56 bits per heavy atom. The summed E-state index contributed by atoms with van der Waals surface area (Å²) in [7, 11) is 0. The summed E-state index contributed by atoms with van der Waals surface area (Å²) in [5, 5.41) is 18.5. The molecule has 27 heavy (non-hydrogen) atoms. The fraction of sp³-hybridized carbons (Fsp3) is 0.167. The first kappa shape index (κ1) is 17.1. The van der Waals surface area contributed by atoms with Gasteiger partial charge in [0.05, 0.1) is 21.9 Å². The van der Waals surface area contributed by atoms with Crippen LogP contribution >= 0.6 is 0 Å². The number of benzene rings is 2. The first-order chi connectivity index (χ1) is 12.8. The van der Waals surface area contributed by atoms with E-state index in [-0.39, 0.29) is 5.69 Å². The minimum absolute atomic E-state index is 0.0476. The molecule has 0 aliphatic carbocycles. The van der Waals surface area contributed by atoms with E-state index in [2.05, 4.69) is 10.4 Å². The molecule has 0 unspecified atom stereocenters. The van der Waals surface area contributed by atoms with Gasteiger partial charge in [0.2, 0.25) is 0 Å². The van der Waals surface area contributed by atoms with Crippen molar-refractivity contribution in [1.29, 1.82) is 0 Å². The Balaban J connectivity index is 1.81. The van der Waals surface area contributed by atoms with Crippen LogP contribution in [0, 0.1) is 10.1 Å². The summed E-state index contributed by atoms with van der Waals surface area (Å²) in [5.41, 5.74) is 1.49. The third-order valence-electron chi connectivity index (χ3n) is 4.42. The SMILES string of the molecule is O=[N+]([O-])c1ccc(-n2nc(-c3cccc(C(F)(F)F)c3)c3c2NCC3)cc1. The van der Waals surface area contributed by atoms with Crippen molar-refractivity contribution in [3.05, 3.63) is 69.8 Å². The number of rotatable bonds is 3. The molecule has 1 aliphatic rings. The molecular weight excluding hydrogens is 361 g/mol. The van der Waals surface area contributed by atoms with E-state index in [1.165, 1.54) is 18.2 Å². The van der Waals surface area contributed by atoms with Gasteiger partial charge in [-0.05, 0) is 30.7 Å². The number of nitrogens with one attached hydrogen (secondary N) is 1. The van der Waals surface area contributed by atoms with E-state index < -0.39 is 16.7 Å². The van der Waals surface area contributed by atoms with Crippen LogP contribution in [0.1, 0.15) is 11.1 Å². The second-order valence-electron chi connectivity index (χ2n) is 6.12. The van der Waals surface area contributed by atoms with E-state index in [0.29, 0.717) is 35.7 Å². The molecule has 1 N–H and O–H groups in total. The van der Waals surface area contributed by atoms with Crippen LogP contribution < -0.4 is 5.32 Å². The molecule has 0 atom stereocenters. The van der Waals surface area contributed by atoms with Crippen LogP contribution in [-0.4, -0.2) is 21.2 Å². The molecule has 9 heteroatoms. The average Bonchev–Trinajstić information content (AvgIpc) is 3.23. The van der Waals surface area contributed by atoms with Gasteiger partial charge in [0, 0.05) is 29.8 Å². The number of fused-ring (bicyclic) bond motifs is 1. The van der Waals surface area contributed by atoms with Crippen LogP contribution in [0.3, 0.4) is 0 Å². The minimum atomic E-state index is -4.43. The summed E-state index contributed by atoms with van der Waals surface area (Å²) in [6.07, 6.45) is -3.80. The molecule has 2 aromatic carbocycles. The van der Waals surface area contributed by atoms with Crippen molar-refractivity contribution in [2.45, 2.75) is 12.6 Å². The molecule has 4 rings (SSSR count). The number of anilines is 1. The van der Waals surface area contributed by atoms with Crippen LogP contribution in [-0.2, 0) is 12.6 Å². The predicted molar refractivity (Wildman–Crippen MR) is 92.9 cm³/mol. The number of nitro benzene ring substituents is 1. The number of alkyl halides is 3. The van der Waals surface area contributed by atoms with E-state index in [4.69, 9.17) is 0 Å². The van der Waals surface area contributed by atoms with E-state index in [0.717, 1.165) is 17.7 Å². The molecule has 1 aromatic heterocycles. The normalized spacial score (nSPS) is 13.3. The zero-order valence-corrected chi connectivity index (χ0v) is 13.8. The van der Waals surface area contributed by atoms with E-state index in [1.807, 2.05) is 0 Å². The number of nitrogens with zero attached hydrogens (tertiary/aromatic N) is 3. The van der Waals surface area contributed by atoms with Crippen LogP contribution in [0.4, 0.5) is 24.7 Å². The zero-order chi connectivity index (χ0) is 19.2. The summed E-state index contributed by atoms with van der Waals surface area (Å²) in [4.78, 5) is 10.3. The maximum atomic E-state index is 13.0. The maximum Gasteiger partial charge on any atom is 0.416 e. The fourth-order valence-electron chi connectivity index (χ4n) is 3.15. The molecular formula is C18H13F3N4O2. The van der Waals surface area contributed by atoms with Gasteiger partial charge in [-0.1, -0.05) is 12.1 Å². The fourth-order valence-corrected chi connectivity index (χ4v) is 3.15. The van der Waals surface area contributed by atoms with Gasteiger partial charge in [-0.3, -0.25) is 10.1 Å². The number of nitro groups is 1. The highest BCUT2D eigenvalue weighted by atomic mass is 19.4. The Morgan fingerprint density at radius 2 is 1.89 bits per heavy atom. The highest BCUT2D eigenvalue weighted by Gasteiger charge is 2.31. The van der Waals surface area contributed by atoms with Crippen LogP contribution in [0.2, 0.25) is 0 Å². The highest BCUT2D eigenvalue weighted by molar-refractivity contribution is 5.73. The van der Waals surface area contributed by atoms with E-state index >= 15 is 0 Å². The van der Waals surface area contributed by atoms with Gasteiger partial charge in [-0.25, -0.2) is 4.68 Å². The van der Waals surface area contributed by atoms with Gasteiger partial charge in [0.25, 0.3) is 5.69 Å². The predicted octanol–water partition coefficient (Wildman–Crippen LogP) is 4.43. The Morgan fingerprint density at radius 1 is 1.15 bits per heavy atom. The van der Waals surface area contributed by atoms with Crippen LogP contribution in [0.5, 0.6) is 0 Å². The lowest BCUT2D eigenvalue weighted by atomic mass is 10.0. The Kier molecular flexibility index (Phi) is 3.87. The second-order valence-corrected chi connectivity index (χ2v) is 6.12. The molecule has 0 saturated carbocycles. The molecule has 0 bridgehead atoms. The van der Waals surface area contributed by atoms with Gasteiger partial charge in [0.1, 0.15) is 5.82 Å². The molecule has 0 amide bonds. The summed E-state index contributed by atoms with van der Waals surface area (Å²) in [6.45, 7) is 0.645. The Bertz CT molecular complexity index is 1030. The third kappa shape index (κ3) is 3.01. The van der Waals surface area contributed by atoms with Crippen molar-refractivity contribution >= 4 is 11.5 Å². The quantitative estimate of drug-likeness (QED) is 0.544. The first-order valence-corrected chi connectivity index (χ1v) is 8.13. The van der Waals surface area contributed by atoms with Crippen molar-refractivity contribution in [3.63, 3.8) is 0 Å². The minimum Gasteiger partial charge on any atom is -0.369 e. The van der Waals surface area contributed by atoms with Gasteiger partial charge >= 0.3 is 6.18 Å². The number of hydrogen-bond donors (Lipinski definition) is 1. The van der Waals surface area contributed by atoms with E-state index in [1.54, 1.807) is 22.9 Å². The molecule has 2 heterocycles. The van der Waals surface area contributed by atoms with Crippen molar-refractivity contribution < 1.29 is 18.1 Å². The molecule has 0 radical (unpaired) electrons. The van der Waals surface area contributed by atoms with Crippen LogP contribution in [0.25, 0.3) is 16.9 Å². The van der Waals surface area contributed by atoms with E-state index in [9.17, 15) is 23.3 Å². The van der Waals surface area contributed by atoms with Crippen molar-refractivity contribution in [1.82, 2.24) is 9.78 Å². The third-order valence-corrected chi connectivity index (χ3v) is 4.42. The second kappa shape index (κ2) is 6.11. The lowest BCUT2D eigenvalue weighted by Gasteiger charge is -2.08. The summed E-state index contributed by atoms with van der Waals surface area (Å²) < 4.78 is 40.7. The van der Waals surface area contributed by atoms with Gasteiger partial charge < -0.3 is 5.32 Å². The first-order valence-electron chi connectivity index (χ1n) is 8.13. The Hall–Kier alpha value is -3.36. The molecule has 138 valence electrons. The highest BCUT2D eigenvalue weighted by Crippen LogP contribution is 2.37. The smallest absolute Gasteiger partial charge is 0.369 e. The van der Waals surface area contributed by atoms with Gasteiger partial charge in [-0.2, -0.15) is 18.3 Å². The summed E-state index contributed by atoms with van der Waals surface area (Å²) in [5.74, 6) is 0.691.